The lowest BCUT2D eigenvalue weighted by molar-refractivity contribution is -0.385. The van der Waals surface area contributed by atoms with Crippen LogP contribution < -0.4 is 0 Å². The Kier molecular flexibility index (Phi) is 3.38. The molecule has 0 saturated heterocycles. The minimum atomic E-state index is -0.426. The van der Waals surface area contributed by atoms with Crippen molar-refractivity contribution in [2.45, 2.75) is 12.3 Å². The summed E-state index contributed by atoms with van der Waals surface area (Å²) in [5.74, 6) is 0. The molecule has 1 aromatic heterocycles. The van der Waals surface area contributed by atoms with Gasteiger partial charge in [-0.25, -0.2) is 0 Å². The molecule has 0 aliphatic heterocycles. The predicted octanol–water partition coefficient (Wildman–Crippen LogP) is 2.96. The van der Waals surface area contributed by atoms with E-state index in [0.29, 0.717) is 21.2 Å². The number of hydrogen-bond donors (Lipinski definition) is 0. The van der Waals surface area contributed by atoms with E-state index in [1.54, 1.807) is 6.92 Å². The van der Waals surface area contributed by atoms with E-state index in [0.717, 1.165) is 0 Å². The van der Waals surface area contributed by atoms with Crippen molar-refractivity contribution in [3.8, 4) is 0 Å². The van der Waals surface area contributed by atoms with Crippen LogP contribution in [0, 0.1) is 17.0 Å². The van der Waals surface area contributed by atoms with Gasteiger partial charge in [0.2, 0.25) is 0 Å². The maximum atomic E-state index is 10.6. The number of hydrogen-bond acceptors (Lipinski definition) is 3. The first-order valence-corrected chi connectivity index (χ1v) is 5.34. The van der Waals surface area contributed by atoms with Gasteiger partial charge in [0.05, 0.1) is 10.6 Å². The molecule has 0 aliphatic carbocycles. The summed E-state index contributed by atoms with van der Waals surface area (Å²) in [7, 11) is 0. The van der Waals surface area contributed by atoms with Gasteiger partial charge in [0.25, 0.3) is 5.69 Å². The van der Waals surface area contributed by atoms with E-state index in [1.165, 1.54) is 6.07 Å². The molecule has 0 N–H and O–H groups in total. The Hall–Kier alpha value is -0.490. The van der Waals surface area contributed by atoms with Gasteiger partial charge in [-0.3, -0.25) is 15.1 Å². The van der Waals surface area contributed by atoms with Gasteiger partial charge in [0, 0.05) is 17.1 Å². The van der Waals surface area contributed by atoms with Crippen LogP contribution in [0.15, 0.2) is 10.5 Å². The SMILES string of the molecule is Cc1cc([N+](=O)[O-])c(Br)c(CBr)n1. The first kappa shape index (κ1) is 10.6. The van der Waals surface area contributed by atoms with Gasteiger partial charge < -0.3 is 0 Å². The van der Waals surface area contributed by atoms with Crippen molar-refractivity contribution in [3.63, 3.8) is 0 Å². The third-order valence-electron chi connectivity index (χ3n) is 1.46. The zero-order valence-corrected chi connectivity index (χ0v) is 9.92. The fourth-order valence-electron chi connectivity index (χ4n) is 0.925. The number of aromatic nitrogens is 1. The summed E-state index contributed by atoms with van der Waals surface area (Å²) in [6.45, 7) is 1.73. The molecule has 1 aromatic rings. The second kappa shape index (κ2) is 4.15. The van der Waals surface area contributed by atoms with E-state index in [1.807, 2.05) is 0 Å². The summed E-state index contributed by atoms with van der Waals surface area (Å²) in [5.41, 5.74) is 1.35. The second-order valence-electron chi connectivity index (χ2n) is 2.43. The molecule has 0 bridgehead atoms. The lowest BCUT2D eigenvalue weighted by atomic mass is 10.3. The molecule has 0 spiro atoms. The van der Waals surface area contributed by atoms with Crippen molar-refractivity contribution in [1.29, 1.82) is 0 Å². The molecule has 4 nitrogen and oxygen atoms in total. The van der Waals surface area contributed by atoms with Crippen LogP contribution in [0.1, 0.15) is 11.4 Å². The molecule has 1 rings (SSSR count). The van der Waals surface area contributed by atoms with Gasteiger partial charge in [-0.2, -0.15) is 0 Å². The highest BCUT2D eigenvalue weighted by Crippen LogP contribution is 2.29. The van der Waals surface area contributed by atoms with Gasteiger partial charge in [-0.1, -0.05) is 15.9 Å². The Bertz CT molecular complexity index is 355. The first-order valence-electron chi connectivity index (χ1n) is 3.42. The summed E-state index contributed by atoms with van der Waals surface area (Å²) >= 11 is 6.35. The van der Waals surface area contributed by atoms with E-state index < -0.39 is 4.92 Å². The van der Waals surface area contributed by atoms with Crippen LogP contribution in [0.5, 0.6) is 0 Å². The van der Waals surface area contributed by atoms with Gasteiger partial charge in [0.1, 0.15) is 4.47 Å². The topological polar surface area (TPSA) is 56.0 Å². The van der Waals surface area contributed by atoms with Crippen LogP contribution in [0.2, 0.25) is 0 Å². The number of rotatable bonds is 2. The predicted molar refractivity (Wildman–Crippen MR) is 56.0 cm³/mol. The van der Waals surface area contributed by atoms with E-state index >= 15 is 0 Å². The molecule has 0 amide bonds. The fraction of sp³-hybridized carbons (Fsp3) is 0.286. The smallest absolute Gasteiger partial charge is 0.258 e. The number of nitrogens with zero attached hydrogens (tertiary/aromatic N) is 2. The zero-order valence-electron chi connectivity index (χ0n) is 6.75. The fourth-order valence-corrected chi connectivity index (χ4v) is 2.19. The van der Waals surface area contributed by atoms with Gasteiger partial charge in [-0.15, -0.1) is 0 Å². The van der Waals surface area contributed by atoms with E-state index in [4.69, 9.17) is 0 Å². The third-order valence-corrected chi connectivity index (χ3v) is 2.85. The Morgan fingerprint density at radius 2 is 2.31 bits per heavy atom. The van der Waals surface area contributed by atoms with Crippen molar-refractivity contribution in [2.75, 3.05) is 0 Å². The minimum Gasteiger partial charge on any atom is -0.258 e. The summed E-state index contributed by atoms with van der Waals surface area (Å²) in [6, 6.07) is 1.44. The summed E-state index contributed by atoms with van der Waals surface area (Å²) in [4.78, 5) is 14.3. The summed E-state index contributed by atoms with van der Waals surface area (Å²) < 4.78 is 0.444. The van der Waals surface area contributed by atoms with Crippen molar-refractivity contribution >= 4 is 37.5 Å². The highest BCUT2D eigenvalue weighted by atomic mass is 79.9. The Balaban J connectivity index is 3.35. The van der Waals surface area contributed by atoms with Crippen LogP contribution in [0.4, 0.5) is 5.69 Å². The maximum absolute atomic E-state index is 10.6. The van der Waals surface area contributed by atoms with Crippen LogP contribution in [0.25, 0.3) is 0 Å². The second-order valence-corrected chi connectivity index (χ2v) is 3.79. The summed E-state index contributed by atoms with van der Waals surface area (Å²) in [5, 5.41) is 11.1. The zero-order chi connectivity index (χ0) is 10.0. The normalized spacial score (nSPS) is 10.1. The first-order chi connectivity index (χ1) is 6.06. The van der Waals surface area contributed by atoms with Crippen LogP contribution in [0.3, 0.4) is 0 Å². The molecule has 0 fully saturated rings. The monoisotopic (exact) mass is 308 g/mol. The van der Waals surface area contributed by atoms with Crippen LogP contribution >= 0.6 is 31.9 Å². The van der Waals surface area contributed by atoms with E-state index in [9.17, 15) is 10.1 Å². The van der Waals surface area contributed by atoms with Gasteiger partial charge >= 0.3 is 0 Å². The van der Waals surface area contributed by atoms with Crippen molar-refractivity contribution in [3.05, 3.63) is 32.0 Å². The molecule has 0 aromatic carbocycles. The minimum absolute atomic E-state index is 0.0574. The average molecular weight is 310 g/mol. The molecule has 0 radical (unpaired) electrons. The number of halogens is 2. The molecule has 0 aliphatic rings. The Labute approximate surface area is 91.8 Å². The number of pyridine rings is 1. The average Bonchev–Trinajstić information content (AvgIpc) is 2.08. The van der Waals surface area contributed by atoms with Crippen LogP contribution in [-0.2, 0) is 5.33 Å². The Morgan fingerprint density at radius 3 is 2.77 bits per heavy atom. The molecule has 1 heterocycles. The summed E-state index contributed by atoms with van der Waals surface area (Å²) in [6.07, 6.45) is 0. The molecule has 0 unspecified atom stereocenters. The van der Waals surface area contributed by atoms with Crippen molar-refractivity contribution in [1.82, 2.24) is 4.98 Å². The van der Waals surface area contributed by atoms with Crippen LogP contribution in [-0.4, -0.2) is 9.91 Å². The molecule has 13 heavy (non-hydrogen) atoms. The van der Waals surface area contributed by atoms with E-state index in [-0.39, 0.29) is 5.69 Å². The standard InChI is InChI=1S/C7H6Br2N2O2/c1-4-2-6(11(12)13)7(9)5(3-8)10-4/h2H,3H2,1H3. The maximum Gasteiger partial charge on any atom is 0.287 e. The molecule has 70 valence electrons. The van der Waals surface area contributed by atoms with Gasteiger partial charge in [0.15, 0.2) is 0 Å². The largest absolute Gasteiger partial charge is 0.287 e. The third kappa shape index (κ3) is 2.25. The molecular weight excluding hydrogens is 304 g/mol. The lowest BCUT2D eigenvalue weighted by Gasteiger charge is -2.01. The van der Waals surface area contributed by atoms with Crippen molar-refractivity contribution < 1.29 is 4.92 Å². The number of aryl methyl sites for hydroxylation is 1. The molecule has 0 atom stereocenters. The molecular formula is C7H6Br2N2O2. The lowest BCUT2D eigenvalue weighted by Crippen LogP contribution is -1.97. The van der Waals surface area contributed by atoms with Crippen molar-refractivity contribution in [2.24, 2.45) is 0 Å². The molecule has 6 heteroatoms. The van der Waals surface area contributed by atoms with Gasteiger partial charge in [-0.05, 0) is 22.9 Å². The quantitative estimate of drug-likeness (QED) is 0.479. The number of nitro groups is 1. The van der Waals surface area contributed by atoms with E-state index in [2.05, 4.69) is 36.8 Å². The Morgan fingerprint density at radius 1 is 1.69 bits per heavy atom. The highest BCUT2D eigenvalue weighted by molar-refractivity contribution is 9.11. The number of alkyl halides is 1. The molecule has 0 saturated carbocycles. The highest BCUT2D eigenvalue weighted by Gasteiger charge is 2.16.